The average Bonchev–Trinajstić information content (AvgIpc) is 3.32. The molecule has 0 atom stereocenters. The Hall–Kier alpha value is -3.26. The van der Waals surface area contributed by atoms with Gasteiger partial charge in [0.05, 0.1) is 17.3 Å². The summed E-state index contributed by atoms with van der Waals surface area (Å²) < 4.78 is 11.4. The molecule has 2 heterocycles. The van der Waals surface area contributed by atoms with Crippen LogP contribution in [-0.2, 0) is 11.2 Å². The summed E-state index contributed by atoms with van der Waals surface area (Å²) in [6, 6.07) is 13.4. The van der Waals surface area contributed by atoms with Gasteiger partial charge in [0.15, 0.2) is 5.13 Å². The van der Waals surface area contributed by atoms with Gasteiger partial charge in [-0.3, -0.25) is 4.79 Å². The third kappa shape index (κ3) is 4.01. The van der Waals surface area contributed by atoms with Crippen LogP contribution in [0.2, 0.25) is 0 Å². The van der Waals surface area contributed by atoms with E-state index in [0.29, 0.717) is 23.3 Å². The highest BCUT2D eigenvalue weighted by molar-refractivity contribution is 7.22. The molecule has 0 bridgehead atoms. The van der Waals surface area contributed by atoms with Crippen molar-refractivity contribution in [2.75, 3.05) is 12.4 Å². The number of anilines is 1. The lowest BCUT2D eigenvalue weighted by molar-refractivity contribution is -0.116. The summed E-state index contributed by atoms with van der Waals surface area (Å²) in [7, 11) is 1.61. The fraction of sp³-hybridized carbons (Fsp3) is 0.200. The van der Waals surface area contributed by atoms with E-state index in [2.05, 4.69) is 26.5 Å². The van der Waals surface area contributed by atoms with Crippen molar-refractivity contribution >= 4 is 32.6 Å². The number of methoxy groups -OCH3 is 1. The van der Waals surface area contributed by atoms with Gasteiger partial charge in [-0.2, -0.15) is 4.98 Å². The Morgan fingerprint density at radius 1 is 1.18 bits per heavy atom. The number of ether oxygens (including phenoxy) is 1. The van der Waals surface area contributed by atoms with Gasteiger partial charge in [-0.05, 0) is 48.9 Å². The standard InChI is InChI=1S/C20H18N4O3S/c1-12-3-8-15-16(11-12)28-20(21-15)22-17(25)9-10-18-23-19(24-27-18)13-4-6-14(26-2)7-5-13/h3-8,11H,9-10H2,1-2H3,(H,21,22,25). The summed E-state index contributed by atoms with van der Waals surface area (Å²) in [5.74, 6) is 1.52. The topological polar surface area (TPSA) is 90.1 Å². The molecule has 142 valence electrons. The molecule has 0 saturated carbocycles. The molecule has 0 saturated heterocycles. The first-order valence-corrected chi connectivity index (χ1v) is 9.56. The molecule has 8 heteroatoms. The highest BCUT2D eigenvalue weighted by Crippen LogP contribution is 2.27. The number of hydrogen-bond donors (Lipinski definition) is 1. The van der Waals surface area contributed by atoms with Crippen LogP contribution in [0.15, 0.2) is 47.0 Å². The number of rotatable bonds is 6. The van der Waals surface area contributed by atoms with Crippen LogP contribution in [0.5, 0.6) is 5.75 Å². The molecule has 0 aliphatic heterocycles. The Morgan fingerprint density at radius 2 is 2.00 bits per heavy atom. The lowest BCUT2D eigenvalue weighted by Crippen LogP contribution is -2.12. The number of benzene rings is 2. The van der Waals surface area contributed by atoms with Crippen molar-refractivity contribution in [3.8, 4) is 17.1 Å². The zero-order valence-corrected chi connectivity index (χ0v) is 16.2. The molecule has 1 amide bonds. The second kappa shape index (κ2) is 7.77. The largest absolute Gasteiger partial charge is 0.497 e. The summed E-state index contributed by atoms with van der Waals surface area (Å²) in [5.41, 5.74) is 2.87. The zero-order chi connectivity index (χ0) is 19.5. The van der Waals surface area contributed by atoms with E-state index in [1.54, 1.807) is 7.11 Å². The molecular formula is C20H18N4O3S. The van der Waals surface area contributed by atoms with Gasteiger partial charge in [-0.15, -0.1) is 0 Å². The maximum absolute atomic E-state index is 12.2. The summed E-state index contributed by atoms with van der Waals surface area (Å²) in [6.45, 7) is 2.03. The molecule has 0 spiro atoms. The van der Waals surface area contributed by atoms with E-state index in [4.69, 9.17) is 9.26 Å². The van der Waals surface area contributed by atoms with Crippen molar-refractivity contribution in [2.24, 2.45) is 0 Å². The molecule has 1 N–H and O–H groups in total. The third-order valence-corrected chi connectivity index (χ3v) is 5.11. The smallest absolute Gasteiger partial charge is 0.227 e. The molecule has 2 aromatic heterocycles. The minimum Gasteiger partial charge on any atom is -0.497 e. The molecular weight excluding hydrogens is 376 g/mol. The molecule has 0 unspecified atom stereocenters. The minimum atomic E-state index is -0.139. The number of aromatic nitrogens is 3. The highest BCUT2D eigenvalue weighted by atomic mass is 32.1. The van der Waals surface area contributed by atoms with Crippen LogP contribution in [0.1, 0.15) is 17.9 Å². The molecule has 4 rings (SSSR count). The van der Waals surface area contributed by atoms with Crippen LogP contribution in [0.4, 0.5) is 5.13 Å². The molecule has 0 radical (unpaired) electrons. The SMILES string of the molecule is COc1ccc(-c2noc(CCC(=O)Nc3nc4ccc(C)cc4s3)n2)cc1. The minimum absolute atomic E-state index is 0.139. The molecule has 0 aliphatic rings. The summed E-state index contributed by atoms with van der Waals surface area (Å²) in [5, 5.41) is 7.40. The van der Waals surface area contributed by atoms with Crippen molar-refractivity contribution in [1.82, 2.24) is 15.1 Å². The normalized spacial score (nSPS) is 10.9. The zero-order valence-electron chi connectivity index (χ0n) is 15.4. The van der Waals surface area contributed by atoms with Gasteiger partial charge in [-0.25, -0.2) is 4.98 Å². The van der Waals surface area contributed by atoms with Gasteiger partial charge in [0.2, 0.25) is 17.6 Å². The van der Waals surface area contributed by atoms with E-state index < -0.39 is 0 Å². The third-order valence-electron chi connectivity index (χ3n) is 4.17. The number of carbonyl (C=O) groups is 1. The molecule has 4 aromatic rings. The van der Waals surface area contributed by atoms with Crippen molar-refractivity contribution in [3.05, 3.63) is 53.9 Å². The van der Waals surface area contributed by atoms with Gasteiger partial charge >= 0.3 is 0 Å². The van der Waals surface area contributed by atoms with Gasteiger partial charge in [0, 0.05) is 18.4 Å². The molecule has 28 heavy (non-hydrogen) atoms. The van der Waals surface area contributed by atoms with Crippen molar-refractivity contribution in [3.63, 3.8) is 0 Å². The van der Waals surface area contributed by atoms with Crippen LogP contribution < -0.4 is 10.1 Å². The number of nitrogens with zero attached hydrogens (tertiary/aromatic N) is 3. The van der Waals surface area contributed by atoms with Crippen molar-refractivity contribution < 1.29 is 14.1 Å². The van der Waals surface area contributed by atoms with Crippen LogP contribution in [-0.4, -0.2) is 28.1 Å². The van der Waals surface area contributed by atoms with E-state index in [1.165, 1.54) is 11.3 Å². The summed E-state index contributed by atoms with van der Waals surface area (Å²) >= 11 is 1.46. The number of amides is 1. The number of nitrogens with one attached hydrogen (secondary N) is 1. The van der Waals surface area contributed by atoms with Crippen LogP contribution >= 0.6 is 11.3 Å². The average molecular weight is 394 g/mol. The number of aryl methyl sites for hydroxylation is 2. The lowest BCUT2D eigenvalue weighted by atomic mass is 10.2. The van der Waals surface area contributed by atoms with E-state index in [1.807, 2.05) is 43.3 Å². The van der Waals surface area contributed by atoms with E-state index in [9.17, 15) is 4.79 Å². The monoisotopic (exact) mass is 394 g/mol. The number of fused-ring (bicyclic) bond motifs is 1. The van der Waals surface area contributed by atoms with Crippen molar-refractivity contribution in [2.45, 2.75) is 19.8 Å². The fourth-order valence-electron chi connectivity index (χ4n) is 2.70. The van der Waals surface area contributed by atoms with Gasteiger partial charge in [0.1, 0.15) is 5.75 Å². The number of thiazole rings is 1. The molecule has 2 aromatic carbocycles. The van der Waals surface area contributed by atoms with Gasteiger partial charge in [0.25, 0.3) is 0 Å². The first-order valence-electron chi connectivity index (χ1n) is 8.75. The summed E-state index contributed by atoms with van der Waals surface area (Å²) in [6.07, 6.45) is 0.595. The Morgan fingerprint density at radius 3 is 2.79 bits per heavy atom. The van der Waals surface area contributed by atoms with Crippen LogP contribution in [0.3, 0.4) is 0 Å². The lowest BCUT2D eigenvalue weighted by Gasteiger charge is -1.99. The first kappa shape index (κ1) is 18.1. The van der Waals surface area contributed by atoms with Gasteiger partial charge < -0.3 is 14.6 Å². The van der Waals surface area contributed by atoms with E-state index >= 15 is 0 Å². The Kier molecular flexibility index (Phi) is 5.03. The second-order valence-corrected chi connectivity index (χ2v) is 7.31. The number of hydrogen-bond acceptors (Lipinski definition) is 7. The predicted molar refractivity (Wildman–Crippen MR) is 108 cm³/mol. The maximum atomic E-state index is 12.2. The summed E-state index contributed by atoms with van der Waals surface area (Å²) in [4.78, 5) is 21.0. The Bertz CT molecular complexity index is 1120. The van der Waals surface area contributed by atoms with Crippen molar-refractivity contribution in [1.29, 1.82) is 0 Å². The van der Waals surface area contributed by atoms with E-state index in [0.717, 1.165) is 27.1 Å². The second-order valence-electron chi connectivity index (χ2n) is 6.28. The predicted octanol–water partition coefficient (Wildman–Crippen LogP) is 4.23. The fourth-order valence-corrected chi connectivity index (χ4v) is 3.68. The van der Waals surface area contributed by atoms with E-state index in [-0.39, 0.29) is 12.3 Å². The molecule has 0 aliphatic carbocycles. The Balaban J connectivity index is 1.36. The maximum Gasteiger partial charge on any atom is 0.227 e. The Labute approximate surface area is 165 Å². The van der Waals surface area contributed by atoms with Gasteiger partial charge in [-0.1, -0.05) is 22.6 Å². The molecule has 0 fully saturated rings. The van der Waals surface area contributed by atoms with Crippen LogP contribution in [0, 0.1) is 6.92 Å². The van der Waals surface area contributed by atoms with Crippen LogP contribution in [0.25, 0.3) is 21.6 Å². The quantitative estimate of drug-likeness (QED) is 0.526. The highest BCUT2D eigenvalue weighted by Gasteiger charge is 2.12. The number of carbonyl (C=O) groups excluding carboxylic acids is 1. The first-order chi connectivity index (χ1) is 13.6. The molecule has 7 nitrogen and oxygen atoms in total.